The van der Waals surface area contributed by atoms with Crippen LogP contribution >= 0.6 is 0 Å². The van der Waals surface area contributed by atoms with Crippen molar-refractivity contribution in [3.05, 3.63) is 51.4 Å². The molecule has 6 heteroatoms. The molecule has 0 spiro atoms. The van der Waals surface area contributed by atoms with Crippen LogP contribution in [0.15, 0.2) is 33.7 Å². The molecule has 0 N–H and O–H groups in total. The molecule has 23 heavy (non-hydrogen) atoms. The van der Waals surface area contributed by atoms with Crippen LogP contribution < -0.4 is 14.9 Å². The Bertz CT molecular complexity index is 917. The third-order valence-electron chi connectivity index (χ3n) is 3.56. The molecule has 0 saturated carbocycles. The van der Waals surface area contributed by atoms with E-state index in [1.54, 1.807) is 31.2 Å². The Morgan fingerprint density at radius 3 is 2.70 bits per heavy atom. The highest BCUT2D eigenvalue weighted by atomic mass is 16.6. The van der Waals surface area contributed by atoms with Crippen molar-refractivity contribution in [2.24, 2.45) is 0 Å². The van der Waals surface area contributed by atoms with Crippen LogP contribution in [0.2, 0.25) is 0 Å². The van der Waals surface area contributed by atoms with Crippen LogP contribution in [0.1, 0.15) is 21.5 Å². The van der Waals surface area contributed by atoms with Crippen molar-refractivity contribution in [2.45, 2.75) is 6.92 Å². The van der Waals surface area contributed by atoms with E-state index in [0.717, 1.165) is 0 Å². The van der Waals surface area contributed by atoms with Crippen LogP contribution in [0.5, 0.6) is 11.7 Å². The fraction of sp³-hybridized carbons (Fsp3) is 0.176. The van der Waals surface area contributed by atoms with Gasteiger partial charge in [-0.2, -0.15) is 0 Å². The number of benzene rings is 1. The molecule has 0 amide bonds. The van der Waals surface area contributed by atoms with Crippen LogP contribution in [0.25, 0.3) is 17.0 Å². The molecule has 0 fully saturated rings. The smallest absolute Gasteiger partial charge is 0.341 e. The van der Waals surface area contributed by atoms with Crippen molar-refractivity contribution < 1.29 is 23.4 Å². The first kappa shape index (κ1) is 14.9. The van der Waals surface area contributed by atoms with Crippen molar-refractivity contribution in [1.82, 2.24) is 0 Å². The lowest BCUT2D eigenvalue weighted by molar-refractivity contribution is 0.0596. The van der Waals surface area contributed by atoms with E-state index in [1.165, 1.54) is 20.5 Å². The number of carbonyl (C=O) groups is 1. The van der Waals surface area contributed by atoms with Gasteiger partial charge in [0.1, 0.15) is 27.8 Å². The first-order valence-electron chi connectivity index (χ1n) is 6.85. The summed E-state index contributed by atoms with van der Waals surface area (Å²) in [6, 6.07) is 1.59. The summed E-state index contributed by atoms with van der Waals surface area (Å²) < 4.78 is 21.1. The van der Waals surface area contributed by atoms with Crippen molar-refractivity contribution in [1.29, 1.82) is 0 Å². The van der Waals surface area contributed by atoms with Crippen LogP contribution in [-0.2, 0) is 4.74 Å². The van der Waals surface area contributed by atoms with E-state index in [9.17, 15) is 9.59 Å². The number of methoxy groups -OCH3 is 2. The van der Waals surface area contributed by atoms with E-state index in [2.05, 4.69) is 0 Å². The van der Waals surface area contributed by atoms with Gasteiger partial charge < -0.3 is 18.6 Å². The van der Waals surface area contributed by atoms with Gasteiger partial charge in [-0.1, -0.05) is 6.08 Å². The second kappa shape index (κ2) is 5.64. The molecule has 0 radical (unpaired) electrons. The van der Waals surface area contributed by atoms with E-state index in [0.29, 0.717) is 5.56 Å². The maximum absolute atomic E-state index is 12.8. The molecule has 2 heterocycles. The third kappa shape index (κ3) is 2.28. The first-order chi connectivity index (χ1) is 11.1. The van der Waals surface area contributed by atoms with Gasteiger partial charge in [0.25, 0.3) is 0 Å². The standard InChI is InChI=1S/C17H14O6/c1-9-8-11-13(15(20-2)12(9)16(19)21-3)14(18)10-6-4-5-7-22-17(10)23-11/h4-8H,1-3H3. The molecule has 2 aromatic rings. The Labute approximate surface area is 131 Å². The van der Waals surface area contributed by atoms with E-state index >= 15 is 0 Å². The Balaban J connectivity index is 2.46. The van der Waals surface area contributed by atoms with Gasteiger partial charge in [-0.05, 0) is 30.7 Å². The lowest BCUT2D eigenvalue weighted by Gasteiger charge is -2.13. The SMILES string of the molecule is COC(=O)c1c(C)cc2oc3c(c(=O)c2c1OC)C=CC=CO3. The fourth-order valence-corrected chi connectivity index (χ4v) is 2.52. The second-order valence-electron chi connectivity index (χ2n) is 4.90. The Morgan fingerprint density at radius 1 is 1.22 bits per heavy atom. The quantitative estimate of drug-likeness (QED) is 0.793. The van der Waals surface area contributed by atoms with Gasteiger partial charge in [-0.3, -0.25) is 4.79 Å². The molecule has 1 aliphatic rings. The zero-order chi connectivity index (χ0) is 16.6. The summed E-state index contributed by atoms with van der Waals surface area (Å²) in [7, 11) is 2.66. The summed E-state index contributed by atoms with van der Waals surface area (Å²) in [5.41, 5.74) is 0.957. The molecule has 0 bridgehead atoms. The predicted molar refractivity (Wildman–Crippen MR) is 83.9 cm³/mol. The number of hydrogen-bond acceptors (Lipinski definition) is 6. The van der Waals surface area contributed by atoms with E-state index < -0.39 is 5.97 Å². The van der Waals surface area contributed by atoms with Gasteiger partial charge in [-0.25, -0.2) is 4.79 Å². The molecular formula is C17H14O6. The largest absolute Gasteiger partial charge is 0.495 e. The lowest BCUT2D eigenvalue weighted by atomic mass is 10.0. The van der Waals surface area contributed by atoms with Crippen molar-refractivity contribution in [3.8, 4) is 11.7 Å². The van der Waals surface area contributed by atoms with Gasteiger partial charge in [0.2, 0.25) is 5.43 Å². The average Bonchev–Trinajstić information content (AvgIpc) is 2.78. The fourth-order valence-electron chi connectivity index (χ4n) is 2.52. The summed E-state index contributed by atoms with van der Waals surface area (Å²) in [4.78, 5) is 24.9. The molecule has 0 atom stereocenters. The summed E-state index contributed by atoms with van der Waals surface area (Å²) in [6.45, 7) is 1.71. The highest BCUT2D eigenvalue weighted by molar-refractivity contribution is 6.02. The average molecular weight is 314 g/mol. The van der Waals surface area contributed by atoms with Crippen molar-refractivity contribution in [3.63, 3.8) is 0 Å². The summed E-state index contributed by atoms with van der Waals surface area (Å²) in [5, 5.41) is 0.174. The third-order valence-corrected chi connectivity index (χ3v) is 3.56. The number of fused-ring (bicyclic) bond motifs is 2. The van der Waals surface area contributed by atoms with Gasteiger partial charge in [0.05, 0.1) is 20.5 Å². The molecule has 3 rings (SSSR count). The monoisotopic (exact) mass is 314 g/mol. The van der Waals surface area contributed by atoms with Crippen LogP contribution in [0.4, 0.5) is 0 Å². The number of esters is 1. The van der Waals surface area contributed by atoms with Gasteiger partial charge in [0.15, 0.2) is 0 Å². The minimum absolute atomic E-state index is 0.0970. The molecule has 0 saturated heterocycles. The van der Waals surface area contributed by atoms with E-state index in [1.807, 2.05) is 0 Å². The molecule has 6 nitrogen and oxygen atoms in total. The van der Waals surface area contributed by atoms with Crippen LogP contribution in [0, 0.1) is 6.92 Å². The number of rotatable bonds is 2. The zero-order valence-electron chi connectivity index (χ0n) is 12.8. The number of ether oxygens (including phenoxy) is 3. The molecular weight excluding hydrogens is 300 g/mol. The minimum atomic E-state index is -0.580. The van der Waals surface area contributed by atoms with E-state index in [4.69, 9.17) is 18.6 Å². The van der Waals surface area contributed by atoms with Crippen molar-refractivity contribution in [2.75, 3.05) is 14.2 Å². The first-order valence-corrected chi connectivity index (χ1v) is 6.85. The number of allylic oxidation sites excluding steroid dienone is 2. The number of carbonyl (C=O) groups excluding carboxylic acids is 1. The number of hydrogen-bond donors (Lipinski definition) is 0. The molecule has 0 unspecified atom stereocenters. The normalized spacial score (nSPS) is 12.5. The Hall–Kier alpha value is -3.02. The maximum Gasteiger partial charge on any atom is 0.341 e. The second-order valence-corrected chi connectivity index (χ2v) is 4.90. The highest BCUT2D eigenvalue weighted by Gasteiger charge is 2.25. The molecule has 1 aromatic heterocycles. The topological polar surface area (TPSA) is 75.0 Å². The van der Waals surface area contributed by atoms with Crippen LogP contribution in [-0.4, -0.2) is 20.2 Å². The molecule has 1 aliphatic heterocycles. The Kier molecular flexibility index (Phi) is 3.65. The van der Waals surface area contributed by atoms with Gasteiger partial charge in [0, 0.05) is 0 Å². The zero-order valence-corrected chi connectivity index (χ0v) is 12.8. The van der Waals surface area contributed by atoms with Crippen LogP contribution in [0.3, 0.4) is 0 Å². The van der Waals surface area contributed by atoms with Gasteiger partial charge in [-0.15, -0.1) is 0 Å². The lowest BCUT2D eigenvalue weighted by Crippen LogP contribution is -2.13. The van der Waals surface area contributed by atoms with Crippen molar-refractivity contribution >= 4 is 23.0 Å². The summed E-state index contributed by atoms with van der Waals surface area (Å²) in [6.07, 6.45) is 6.31. The highest BCUT2D eigenvalue weighted by Crippen LogP contribution is 2.34. The van der Waals surface area contributed by atoms with E-state index in [-0.39, 0.29) is 39.2 Å². The molecule has 118 valence electrons. The summed E-state index contributed by atoms with van der Waals surface area (Å²) >= 11 is 0. The number of aryl methyl sites for hydroxylation is 1. The summed E-state index contributed by atoms with van der Waals surface area (Å²) in [5.74, 6) is -0.349. The molecule has 0 aliphatic carbocycles. The maximum atomic E-state index is 12.8. The Morgan fingerprint density at radius 2 is 2.00 bits per heavy atom. The minimum Gasteiger partial charge on any atom is -0.495 e. The predicted octanol–water partition coefficient (Wildman–Crippen LogP) is 2.82. The van der Waals surface area contributed by atoms with Gasteiger partial charge >= 0.3 is 11.9 Å². The molecule has 1 aromatic carbocycles.